The number of hydrogen-bond acceptors (Lipinski definition) is 3. The first-order chi connectivity index (χ1) is 7.86. The maximum absolute atomic E-state index is 4.23. The van der Waals surface area contributed by atoms with Crippen LogP contribution in [0.5, 0.6) is 0 Å². The lowest BCUT2D eigenvalue weighted by Gasteiger charge is -2.05. The van der Waals surface area contributed by atoms with E-state index in [4.69, 9.17) is 0 Å². The lowest BCUT2D eigenvalue weighted by Crippen LogP contribution is -2.16. The van der Waals surface area contributed by atoms with E-state index >= 15 is 0 Å². The van der Waals surface area contributed by atoms with Gasteiger partial charge in [0.15, 0.2) is 0 Å². The van der Waals surface area contributed by atoms with Crippen LogP contribution in [0.2, 0.25) is 0 Å². The Balaban J connectivity index is 0.00000144. The van der Waals surface area contributed by atoms with Crippen LogP contribution in [0.4, 0.5) is 0 Å². The Morgan fingerprint density at radius 2 is 2.12 bits per heavy atom. The fourth-order valence-electron chi connectivity index (χ4n) is 1.47. The number of rotatable bonds is 5. The van der Waals surface area contributed by atoms with Gasteiger partial charge in [-0.1, -0.05) is 34.1 Å². The van der Waals surface area contributed by atoms with E-state index < -0.39 is 0 Å². The van der Waals surface area contributed by atoms with Crippen molar-refractivity contribution in [3.63, 3.8) is 0 Å². The minimum Gasteiger partial charge on any atom is -0.311 e. The molecule has 1 N–H and O–H groups in total. The van der Waals surface area contributed by atoms with E-state index in [0.717, 1.165) is 25.2 Å². The SMILES string of the molecule is Brc1ccccc1CCNCc1cscn1.Cl. The molecule has 0 saturated heterocycles. The normalized spacial score (nSPS) is 9.94. The summed E-state index contributed by atoms with van der Waals surface area (Å²) in [5.41, 5.74) is 4.33. The summed E-state index contributed by atoms with van der Waals surface area (Å²) in [6.07, 6.45) is 1.03. The van der Waals surface area contributed by atoms with Crippen LogP contribution in [-0.2, 0) is 13.0 Å². The smallest absolute Gasteiger partial charge is 0.0795 e. The predicted molar refractivity (Wildman–Crippen MR) is 78.9 cm³/mol. The fourth-order valence-corrected chi connectivity index (χ4v) is 2.51. The summed E-state index contributed by atoms with van der Waals surface area (Å²) in [4.78, 5) is 4.23. The summed E-state index contributed by atoms with van der Waals surface area (Å²) in [5, 5.41) is 5.46. The minimum absolute atomic E-state index is 0. The van der Waals surface area contributed by atoms with Crippen molar-refractivity contribution in [1.29, 1.82) is 0 Å². The minimum atomic E-state index is 0. The van der Waals surface area contributed by atoms with Crippen molar-refractivity contribution in [2.45, 2.75) is 13.0 Å². The Kier molecular flexibility index (Phi) is 6.73. The Hall–Kier alpha value is -0.420. The molecule has 0 amide bonds. The summed E-state index contributed by atoms with van der Waals surface area (Å²) in [6, 6.07) is 8.33. The van der Waals surface area contributed by atoms with Gasteiger partial charge in [-0.3, -0.25) is 0 Å². The second-order valence-electron chi connectivity index (χ2n) is 3.50. The van der Waals surface area contributed by atoms with E-state index in [-0.39, 0.29) is 12.4 Å². The molecular formula is C12H14BrClN2S. The maximum atomic E-state index is 4.23. The summed E-state index contributed by atoms with van der Waals surface area (Å²) in [5.74, 6) is 0. The van der Waals surface area contributed by atoms with Crippen molar-refractivity contribution in [1.82, 2.24) is 10.3 Å². The molecule has 2 rings (SSSR count). The van der Waals surface area contributed by atoms with Gasteiger partial charge in [-0.05, 0) is 24.6 Å². The first kappa shape index (κ1) is 14.6. The summed E-state index contributed by atoms with van der Waals surface area (Å²) < 4.78 is 1.19. The molecular weight excluding hydrogens is 320 g/mol. The number of nitrogens with zero attached hydrogens (tertiary/aromatic N) is 1. The number of hydrogen-bond donors (Lipinski definition) is 1. The van der Waals surface area contributed by atoms with Crippen LogP contribution in [0.3, 0.4) is 0 Å². The zero-order chi connectivity index (χ0) is 11.2. The Bertz CT molecular complexity index is 434. The molecule has 0 aliphatic rings. The van der Waals surface area contributed by atoms with Gasteiger partial charge in [0.2, 0.25) is 0 Å². The van der Waals surface area contributed by atoms with E-state index in [9.17, 15) is 0 Å². The molecule has 0 spiro atoms. The highest BCUT2D eigenvalue weighted by Gasteiger charge is 1.98. The molecule has 17 heavy (non-hydrogen) atoms. The lowest BCUT2D eigenvalue weighted by molar-refractivity contribution is 0.676. The van der Waals surface area contributed by atoms with Crippen molar-refractivity contribution < 1.29 is 0 Å². The van der Waals surface area contributed by atoms with Crippen LogP contribution >= 0.6 is 39.7 Å². The highest BCUT2D eigenvalue weighted by molar-refractivity contribution is 9.10. The first-order valence-corrected chi connectivity index (χ1v) is 6.91. The van der Waals surface area contributed by atoms with Gasteiger partial charge in [-0.15, -0.1) is 23.7 Å². The van der Waals surface area contributed by atoms with Crippen molar-refractivity contribution in [2.75, 3.05) is 6.54 Å². The number of halogens is 2. The number of aromatic nitrogens is 1. The third-order valence-corrected chi connectivity index (χ3v) is 3.73. The second kappa shape index (κ2) is 7.82. The molecule has 1 aromatic carbocycles. The molecule has 0 aliphatic heterocycles. The zero-order valence-electron chi connectivity index (χ0n) is 9.23. The van der Waals surface area contributed by atoms with Gasteiger partial charge in [-0.2, -0.15) is 0 Å². The Labute approximate surface area is 120 Å². The molecule has 2 nitrogen and oxygen atoms in total. The van der Waals surface area contributed by atoms with Gasteiger partial charge in [0.25, 0.3) is 0 Å². The van der Waals surface area contributed by atoms with Crippen molar-refractivity contribution in [3.05, 3.63) is 50.9 Å². The van der Waals surface area contributed by atoms with Gasteiger partial charge < -0.3 is 5.32 Å². The van der Waals surface area contributed by atoms with Crippen LogP contribution in [0, 0.1) is 0 Å². The van der Waals surface area contributed by atoms with Crippen LogP contribution in [0.25, 0.3) is 0 Å². The van der Waals surface area contributed by atoms with Gasteiger partial charge in [0.1, 0.15) is 0 Å². The summed E-state index contributed by atoms with van der Waals surface area (Å²) in [7, 11) is 0. The van der Waals surface area contributed by atoms with E-state index in [0.29, 0.717) is 0 Å². The number of nitrogens with one attached hydrogen (secondary N) is 1. The quantitative estimate of drug-likeness (QED) is 0.845. The topological polar surface area (TPSA) is 24.9 Å². The lowest BCUT2D eigenvalue weighted by atomic mass is 10.1. The van der Waals surface area contributed by atoms with E-state index in [1.807, 2.05) is 11.6 Å². The van der Waals surface area contributed by atoms with Crippen LogP contribution < -0.4 is 5.32 Å². The molecule has 0 atom stereocenters. The van der Waals surface area contributed by atoms with Crippen LogP contribution in [0.15, 0.2) is 39.6 Å². The molecule has 0 radical (unpaired) electrons. The maximum Gasteiger partial charge on any atom is 0.0795 e. The van der Waals surface area contributed by atoms with Gasteiger partial charge in [0.05, 0.1) is 11.2 Å². The van der Waals surface area contributed by atoms with Gasteiger partial charge in [-0.25, -0.2) is 4.98 Å². The third kappa shape index (κ3) is 4.76. The van der Waals surface area contributed by atoms with E-state index in [1.54, 1.807) is 11.3 Å². The molecule has 0 saturated carbocycles. The monoisotopic (exact) mass is 332 g/mol. The van der Waals surface area contributed by atoms with E-state index in [1.165, 1.54) is 10.0 Å². The molecule has 1 aromatic heterocycles. The van der Waals surface area contributed by atoms with Gasteiger partial charge in [0, 0.05) is 16.4 Å². The average Bonchev–Trinajstić information content (AvgIpc) is 2.79. The number of thiazole rings is 1. The molecule has 0 aliphatic carbocycles. The molecule has 92 valence electrons. The standard InChI is InChI=1S/C12H13BrN2S.ClH/c13-12-4-2-1-3-10(12)5-6-14-7-11-8-16-9-15-11;/h1-4,8-9,14H,5-7H2;1H. The van der Waals surface area contributed by atoms with Crippen molar-refractivity contribution in [2.24, 2.45) is 0 Å². The molecule has 0 unspecified atom stereocenters. The largest absolute Gasteiger partial charge is 0.311 e. The average molecular weight is 334 g/mol. The summed E-state index contributed by atoms with van der Waals surface area (Å²) in [6.45, 7) is 1.83. The predicted octanol–water partition coefficient (Wildman–Crippen LogP) is 3.66. The third-order valence-electron chi connectivity index (χ3n) is 2.32. The van der Waals surface area contributed by atoms with Crippen molar-refractivity contribution in [3.8, 4) is 0 Å². The van der Waals surface area contributed by atoms with Crippen LogP contribution in [0.1, 0.15) is 11.3 Å². The first-order valence-electron chi connectivity index (χ1n) is 5.17. The molecule has 0 bridgehead atoms. The molecule has 5 heteroatoms. The highest BCUT2D eigenvalue weighted by atomic mass is 79.9. The molecule has 1 heterocycles. The Morgan fingerprint density at radius 3 is 2.82 bits per heavy atom. The second-order valence-corrected chi connectivity index (χ2v) is 5.07. The number of benzene rings is 1. The van der Waals surface area contributed by atoms with Crippen molar-refractivity contribution >= 4 is 39.7 Å². The van der Waals surface area contributed by atoms with Crippen LogP contribution in [-0.4, -0.2) is 11.5 Å². The van der Waals surface area contributed by atoms with E-state index in [2.05, 4.69) is 49.8 Å². The molecule has 2 aromatic rings. The fraction of sp³-hybridized carbons (Fsp3) is 0.250. The van der Waals surface area contributed by atoms with Gasteiger partial charge >= 0.3 is 0 Å². The highest BCUT2D eigenvalue weighted by Crippen LogP contribution is 2.15. The summed E-state index contributed by atoms with van der Waals surface area (Å²) >= 11 is 5.19. The molecule has 0 fully saturated rings. The zero-order valence-corrected chi connectivity index (χ0v) is 12.4. The Morgan fingerprint density at radius 1 is 1.29 bits per heavy atom.